The Kier molecular flexibility index (Phi) is 6.61. The van der Waals surface area contributed by atoms with Crippen LogP contribution in [0.1, 0.15) is 12.5 Å². The SMILES string of the molecule is C=CCN1C(=O)/C(=C/c2ccc(OCC)c(OC)c2)SC1=Nc1ccc(O)cc1. The molecule has 1 heterocycles. The molecule has 0 aromatic heterocycles. The summed E-state index contributed by atoms with van der Waals surface area (Å²) in [4.78, 5) is 19.6. The lowest BCUT2D eigenvalue weighted by Gasteiger charge is -2.12. The highest BCUT2D eigenvalue weighted by Gasteiger charge is 2.32. The number of hydrogen-bond donors (Lipinski definition) is 1. The summed E-state index contributed by atoms with van der Waals surface area (Å²) in [6.45, 7) is 6.53. The number of amides is 1. The van der Waals surface area contributed by atoms with Crippen LogP contribution in [0.25, 0.3) is 6.08 Å². The highest BCUT2D eigenvalue weighted by Crippen LogP contribution is 2.36. The number of aromatic hydroxyl groups is 1. The summed E-state index contributed by atoms with van der Waals surface area (Å²) in [5.41, 5.74) is 1.47. The van der Waals surface area contributed by atoms with Crippen molar-refractivity contribution in [3.05, 3.63) is 65.6 Å². The third-order valence-electron chi connectivity index (χ3n) is 4.06. The number of ether oxygens (including phenoxy) is 2. The minimum absolute atomic E-state index is 0.139. The Labute approximate surface area is 174 Å². The fourth-order valence-electron chi connectivity index (χ4n) is 2.72. The molecule has 0 unspecified atom stereocenters. The first-order valence-electron chi connectivity index (χ1n) is 9.06. The predicted octanol–water partition coefficient (Wildman–Crippen LogP) is 4.59. The second-order valence-corrected chi connectivity index (χ2v) is 7.08. The maximum Gasteiger partial charge on any atom is 0.267 e. The molecule has 1 saturated heterocycles. The van der Waals surface area contributed by atoms with E-state index in [1.54, 1.807) is 48.4 Å². The molecule has 150 valence electrons. The summed E-state index contributed by atoms with van der Waals surface area (Å²) in [5.74, 6) is 1.29. The van der Waals surface area contributed by atoms with Crippen molar-refractivity contribution in [2.75, 3.05) is 20.3 Å². The van der Waals surface area contributed by atoms with Gasteiger partial charge in [0.1, 0.15) is 5.75 Å². The summed E-state index contributed by atoms with van der Waals surface area (Å²) in [6.07, 6.45) is 3.47. The van der Waals surface area contributed by atoms with E-state index >= 15 is 0 Å². The van der Waals surface area contributed by atoms with Crippen LogP contribution in [0.5, 0.6) is 17.2 Å². The monoisotopic (exact) mass is 410 g/mol. The van der Waals surface area contributed by atoms with Gasteiger partial charge in [0.05, 0.1) is 24.3 Å². The topological polar surface area (TPSA) is 71.4 Å². The predicted molar refractivity (Wildman–Crippen MR) is 117 cm³/mol. The Bertz CT molecular complexity index is 967. The molecule has 0 aliphatic carbocycles. The van der Waals surface area contributed by atoms with E-state index < -0.39 is 0 Å². The number of methoxy groups -OCH3 is 1. The molecule has 1 fully saturated rings. The van der Waals surface area contributed by atoms with Gasteiger partial charge in [-0.3, -0.25) is 9.69 Å². The third kappa shape index (κ3) is 4.81. The number of carbonyl (C=O) groups is 1. The second kappa shape index (κ2) is 9.34. The van der Waals surface area contributed by atoms with Crippen LogP contribution in [0.3, 0.4) is 0 Å². The number of thioether (sulfide) groups is 1. The van der Waals surface area contributed by atoms with Crippen LogP contribution < -0.4 is 9.47 Å². The number of hydrogen-bond acceptors (Lipinski definition) is 6. The summed E-state index contributed by atoms with van der Waals surface area (Å²) in [6, 6.07) is 12.0. The molecule has 0 saturated carbocycles. The molecule has 1 aliphatic heterocycles. The number of carbonyl (C=O) groups excluding carboxylic acids is 1. The Hall–Kier alpha value is -3.19. The maximum atomic E-state index is 12.9. The van der Waals surface area contributed by atoms with Gasteiger partial charge in [-0.1, -0.05) is 12.1 Å². The van der Waals surface area contributed by atoms with Gasteiger partial charge < -0.3 is 14.6 Å². The zero-order chi connectivity index (χ0) is 20.8. The smallest absolute Gasteiger partial charge is 0.267 e. The van der Waals surface area contributed by atoms with Crippen molar-refractivity contribution in [3.8, 4) is 17.2 Å². The number of amidine groups is 1. The molecule has 7 heteroatoms. The summed E-state index contributed by atoms with van der Waals surface area (Å²) >= 11 is 1.29. The third-order valence-corrected chi connectivity index (χ3v) is 5.07. The lowest BCUT2D eigenvalue weighted by Crippen LogP contribution is -2.29. The van der Waals surface area contributed by atoms with Crippen LogP contribution in [0, 0.1) is 0 Å². The maximum absolute atomic E-state index is 12.9. The van der Waals surface area contributed by atoms with Gasteiger partial charge in [-0.05, 0) is 66.7 Å². The van der Waals surface area contributed by atoms with Crippen molar-refractivity contribution in [2.24, 2.45) is 4.99 Å². The fourth-order valence-corrected chi connectivity index (χ4v) is 3.73. The van der Waals surface area contributed by atoms with Gasteiger partial charge >= 0.3 is 0 Å². The second-order valence-electron chi connectivity index (χ2n) is 6.07. The molecule has 2 aromatic carbocycles. The van der Waals surface area contributed by atoms with Crippen LogP contribution >= 0.6 is 11.8 Å². The molecule has 0 radical (unpaired) electrons. The van der Waals surface area contributed by atoms with Gasteiger partial charge in [0.2, 0.25) is 0 Å². The Morgan fingerprint density at radius 2 is 1.97 bits per heavy atom. The average molecular weight is 410 g/mol. The van der Waals surface area contributed by atoms with E-state index in [4.69, 9.17) is 9.47 Å². The van der Waals surface area contributed by atoms with Crippen molar-refractivity contribution < 1.29 is 19.4 Å². The van der Waals surface area contributed by atoms with Crippen molar-refractivity contribution in [1.82, 2.24) is 4.90 Å². The van der Waals surface area contributed by atoms with E-state index in [-0.39, 0.29) is 11.7 Å². The number of phenolic OH excluding ortho intramolecular Hbond substituents is 1. The minimum Gasteiger partial charge on any atom is -0.508 e. The highest BCUT2D eigenvalue weighted by atomic mass is 32.2. The number of nitrogens with zero attached hydrogens (tertiary/aromatic N) is 2. The number of benzene rings is 2. The molecule has 29 heavy (non-hydrogen) atoms. The molecule has 0 spiro atoms. The minimum atomic E-state index is -0.139. The van der Waals surface area contributed by atoms with E-state index in [9.17, 15) is 9.90 Å². The molecule has 3 rings (SSSR count). The number of rotatable bonds is 7. The lowest BCUT2D eigenvalue weighted by atomic mass is 10.2. The van der Waals surface area contributed by atoms with Crippen molar-refractivity contribution in [1.29, 1.82) is 0 Å². The molecule has 1 amide bonds. The first-order valence-corrected chi connectivity index (χ1v) is 9.88. The van der Waals surface area contributed by atoms with E-state index in [0.29, 0.717) is 40.4 Å². The van der Waals surface area contributed by atoms with Gasteiger partial charge in [0.15, 0.2) is 16.7 Å². The highest BCUT2D eigenvalue weighted by molar-refractivity contribution is 8.18. The molecule has 6 nitrogen and oxygen atoms in total. The van der Waals surface area contributed by atoms with Crippen molar-refractivity contribution in [2.45, 2.75) is 6.92 Å². The first-order chi connectivity index (χ1) is 14.0. The van der Waals surface area contributed by atoms with Crippen LogP contribution in [-0.2, 0) is 4.79 Å². The van der Waals surface area contributed by atoms with Crippen LogP contribution in [0.2, 0.25) is 0 Å². The lowest BCUT2D eigenvalue weighted by molar-refractivity contribution is -0.121. The van der Waals surface area contributed by atoms with Gasteiger partial charge in [-0.25, -0.2) is 4.99 Å². The molecular weight excluding hydrogens is 388 g/mol. The summed E-state index contributed by atoms with van der Waals surface area (Å²) in [5, 5.41) is 10.00. The Morgan fingerprint density at radius 3 is 2.62 bits per heavy atom. The van der Waals surface area contributed by atoms with Crippen LogP contribution in [-0.4, -0.2) is 41.3 Å². The zero-order valence-corrected chi connectivity index (χ0v) is 17.1. The standard InChI is InChI=1S/C22H22N2O4S/c1-4-12-24-21(26)20(29-22(24)23-16-7-9-17(25)10-8-16)14-15-6-11-18(28-5-2)19(13-15)27-3/h4,6-11,13-14,25H,1,5,12H2,2-3H3/b20-14-,23-22?. The Morgan fingerprint density at radius 1 is 1.21 bits per heavy atom. The molecule has 0 atom stereocenters. The summed E-state index contributed by atoms with van der Waals surface area (Å²) in [7, 11) is 1.58. The molecule has 1 N–H and O–H groups in total. The van der Waals surface area contributed by atoms with Crippen LogP contribution in [0.15, 0.2) is 65.0 Å². The largest absolute Gasteiger partial charge is 0.508 e. The van der Waals surface area contributed by atoms with Gasteiger partial charge in [-0.2, -0.15) is 0 Å². The number of phenols is 1. The molecule has 2 aromatic rings. The van der Waals surface area contributed by atoms with Gasteiger partial charge in [-0.15, -0.1) is 6.58 Å². The Balaban J connectivity index is 1.92. The molecular formula is C22H22N2O4S. The van der Waals surface area contributed by atoms with Crippen molar-refractivity contribution >= 4 is 34.6 Å². The molecule has 0 bridgehead atoms. The first kappa shape index (κ1) is 20.5. The van der Waals surface area contributed by atoms with Gasteiger partial charge in [0.25, 0.3) is 5.91 Å². The van der Waals surface area contributed by atoms with Crippen molar-refractivity contribution in [3.63, 3.8) is 0 Å². The van der Waals surface area contributed by atoms with E-state index in [1.165, 1.54) is 11.8 Å². The molecule has 1 aliphatic rings. The van der Waals surface area contributed by atoms with Crippen LogP contribution in [0.4, 0.5) is 5.69 Å². The zero-order valence-electron chi connectivity index (χ0n) is 16.3. The number of aliphatic imine (C=N–C) groups is 1. The fraction of sp³-hybridized carbons (Fsp3) is 0.182. The average Bonchev–Trinajstić information content (AvgIpc) is 3.00. The summed E-state index contributed by atoms with van der Waals surface area (Å²) < 4.78 is 10.9. The van der Waals surface area contributed by atoms with E-state index in [0.717, 1.165) is 5.56 Å². The quantitative estimate of drug-likeness (QED) is 0.534. The van der Waals surface area contributed by atoms with Gasteiger partial charge in [0, 0.05) is 6.54 Å². The van der Waals surface area contributed by atoms with E-state index in [2.05, 4.69) is 11.6 Å². The normalized spacial score (nSPS) is 16.5. The van der Waals surface area contributed by atoms with E-state index in [1.807, 2.05) is 25.1 Å².